The second-order valence-electron chi connectivity index (χ2n) is 7.35. The zero-order valence-electron chi connectivity index (χ0n) is 16.2. The minimum atomic E-state index is -0.000401. The number of benzene rings is 1. The molecule has 1 atom stereocenters. The van der Waals surface area contributed by atoms with Crippen LogP contribution >= 0.6 is 11.3 Å². The highest BCUT2D eigenvalue weighted by Gasteiger charge is 2.30. The Kier molecular flexibility index (Phi) is 4.55. The lowest BCUT2D eigenvalue weighted by atomic mass is 9.95. The number of fused-ring (bicyclic) bond motifs is 1. The molecule has 1 aliphatic rings. The summed E-state index contributed by atoms with van der Waals surface area (Å²) >= 11 is 1.69. The maximum atomic E-state index is 12.9. The van der Waals surface area contributed by atoms with Gasteiger partial charge in [-0.15, -0.1) is 11.3 Å². The van der Waals surface area contributed by atoms with E-state index in [1.54, 1.807) is 28.3 Å². The summed E-state index contributed by atoms with van der Waals surface area (Å²) in [6.45, 7) is 1.44. The molecule has 1 saturated heterocycles. The number of hydrogen-bond donors (Lipinski definition) is 1. The molecule has 0 unspecified atom stereocenters. The molecule has 7 nitrogen and oxygen atoms in total. The third kappa shape index (κ3) is 3.40. The van der Waals surface area contributed by atoms with Gasteiger partial charge in [-0.3, -0.25) is 13.9 Å². The van der Waals surface area contributed by atoms with E-state index < -0.39 is 0 Å². The van der Waals surface area contributed by atoms with Gasteiger partial charge in [0.2, 0.25) is 5.95 Å². The van der Waals surface area contributed by atoms with Crippen molar-refractivity contribution >= 4 is 33.7 Å². The fourth-order valence-corrected chi connectivity index (χ4v) is 4.83. The zero-order valence-corrected chi connectivity index (χ0v) is 17.0. The van der Waals surface area contributed by atoms with Crippen LogP contribution in [0.1, 0.15) is 34.9 Å². The number of rotatable bonds is 4. The van der Waals surface area contributed by atoms with Crippen LogP contribution in [0.2, 0.25) is 0 Å². The van der Waals surface area contributed by atoms with Crippen LogP contribution in [0.5, 0.6) is 0 Å². The van der Waals surface area contributed by atoms with Crippen molar-refractivity contribution in [2.24, 2.45) is 7.05 Å². The molecular weight excluding hydrogens is 384 g/mol. The summed E-state index contributed by atoms with van der Waals surface area (Å²) in [5.74, 6) is 1.03. The van der Waals surface area contributed by atoms with Crippen LogP contribution in [0.3, 0.4) is 0 Å². The van der Waals surface area contributed by atoms with E-state index in [1.807, 2.05) is 48.5 Å². The van der Waals surface area contributed by atoms with Crippen LogP contribution < -0.4 is 5.32 Å². The van der Waals surface area contributed by atoms with E-state index in [2.05, 4.69) is 20.2 Å². The van der Waals surface area contributed by atoms with Crippen LogP contribution in [0.4, 0.5) is 11.6 Å². The number of carbonyl (C=O) groups is 1. The van der Waals surface area contributed by atoms with Crippen molar-refractivity contribution < 1.29 is 4.79 Å². The Morgan fingerprint density at radius 3 is 2.86 bits per heavy atom. The van der Waals surface area contributed by atoms with Crippen molar-refractivity contribution in [3.63, 3.8) is 0 Å². The van der Waals surface area contributed by atoms with Crippen LogP contribution in [0.25, 0.3) is 4.83 Å². The number of aryl methyl sites for hydroxylation is 1. The second kappa shape index (κ2) is 7.36. The van der Waals surface area contributed by atoms with E-state index in [9.17, 15) is 4.79 Å². The fraction of sp³-hybridized carbons (Fsp3) is 0.286. The average molecular weight is 407 g/mol. The Labute approximate surface area is 172 Å². The molecule has 0 saturated carbocycles. The van der Waals surface area contributed by atoms with Crippen molar-refractivity contribution in [3.05, 3.63) is 65.6 Å². The predicted octanol–water partition coefficient (Wildman–Crippen LogP) is 3.89. The fourth-order valence-electron chi connectivity index (χ4n) is 3.93. The summed E-state index contributed by atoms with van der Waals surface area (Å²) in [7, 11) is 1.83. The third-order valence-corrected chi connectivity index (χ3v) is 6.23. The van der Waals surface area contributed by atoms with Crippen LogP contribution in [0.15, 0.2) is 54.2 Å². The number of aromatic nitrogens is 4. The molecule has 0 radical (unpaired) electrons. The summed E-state index contributed by atoms with van der Waals surface area (Å²) in [6, 6.07) is 11.8. The highest BCUT2D eigenvalue weighted by molar-refractivity contribution is 7.15. The topological polar surface area (TPSA) is 67.5 Å². The number of nitrogens with one attached hydrogen (secondary N) is 1. The van der Waals surface area contributed by atoms with Gasteiger partial charge >= 0.3 is 0 Å². The number of piperidine rings is 1. The molecule has 1 fully saturated rings. The molecule has 0 bridgehead atoms. The molecule has 29 heavy (non-hydrogen) atoms. The highest BCUT2D eigenvalue weighted by Crippen LogP contribution is 2.34. The second-order valence-corrected chi connectivity index (χ2v) is 8.25. The number of carbonyl (C=O) groups excluding carboxylic acids is 1. The van der Waals surface area contributed by atoms with Crippen LogP contribution in [-0.4, -0.2) is 43.1 Å². The van der Waals surface area contributed by atoms with Gasteiger partial charge < -0.3 is 10.2 Å². The number of para-hydroxylation sites is 1. The zero-order chi connectivity index (χ0) is 19.8. The van der Waals surface area contributed by atoms with Gasteiger partial charge in [-0.1, -0.05) is 18.2 Å². The number of amides is 1. The quantitative estimate of drug-likeness (QED) is 0.558. The van der Waals surface area contributed by atoms with Gasteiger partial charge in [0.25, 0.3) is 5.91 Å². The molecule has 148 valence electrons. The highest BCUT2D eigenvalue weighted by atomic mass is 32.1. The molecule has 0 aliphatic carbocycles. The molecule has 0 spiro atoms. The number of nitrogens with zero attached hydrogens (tertiary/aromatic N) is 5. The minimum absolute atomic E-state index is 0.000401. The van der Waals surface area contributed by atoms with E-state index in [1.165, 1.54) is 0 Å². The van der Waals surface area contributed by atoms with Crippen LogP contribution in [0, 0.1) is 0 Å². The molecule has 5 rings (SSSR count). The lowest BCUT2D eigenvalue weighted by molar-refractivity contribution is 0.0699. The number of likely N-dealkylation sites (tertiary alicyclic amines) is 1. The van der Waals surface area contributed by atoms with Gasteiger partial charge in [0.15, 0.2) is 0 Å². The molecule has 1 amide bonds. The van der Waals surface area contributed by atoms with Crippen molar-refractivity contribution in [1.29, 1.82) is 0 Å². The monoisotopic (exact) mass is 406 g/mol. The molecule has 4 heterocycles. The Balaban J connectivity index is 1.41. The Morgan fingerprint density at radius 1 is 1.21 bits per heavy atom. The number of anilines is 2. The Bertz CT molecular complexity index is 1140. The molecule has 4 aromatic rings. The van der Waals surface area contributed by atoms with Gasteiger partial charge in [-0.25, -0.2) is 4.98 Å². The smallest absolute Gasteiger partial charge is 0.274 e. The maximum absolute atomic E-state index is 12.9. The lowest BCUT2D eigenvalue weighted by Crippen LogP contribution is -2.39. The van der Waals surface area contributed by atoms with Crippen molar-refractivity contribution in [1.82, 2.24) is 24.1 Å². The van der Waals surface area contributed by atoms with Gasteiger partial charge in [0, 0.05) is 49.5 Å². The third-order valence-electron chi connectivity index (χ3n) is 5.34. The summed E-state index contributed by atoms with van der Waals surface area (Å²) < 4.78 is 3.77. The number of hydrogen-bond acceptors (Lipinski definition) is 5. The van der Waals surface area contributed by atoms with E-state index in [4.69, 9.17) is 4.98 Å². The number of thiazole rings is 1. The van der Waals surface area contributed by atoms with Gasteiger partial charge in [0.1, 0.15) is 10.5 Å². The molecular formula is C21H22N6OS. The first-order chi connectivity index (χ1) is 14.2. The van der Waals surface area contributed by atoms with E-state index in [0.29, 0.717) is 12.2 Å². The predicted molar refractivity (Wildman–Crippen MR) is 114 cm³/mol. The average Bonchev–Trinajstić information content (AvgIpc) is 3.46. The number of imidazole rings is 1. The lowest BCUT2D eigenvalue weighted by Gasteiger charge is -2.31. The molecule has 1 aliphatic heterocycles. The summed E-state index contributed by atoms with van der Waals surface area (Å²) in [5, 5.41) is 9.77. The normalized spacial score (nSPS) is 17.0. The molecule has 3 aromatic heterocycles. The first-order valence-corrected chi connectivity index (χ1v) is 10.6. The first kappa shape index (κ1) is 17.9. The Hall–Kier alpha value is -3.13. The molecule has 1 aromatic carbocycles. The standard InChI is InChI=1S/C21H22N6OS/c1-25-11-9-17(24-25)19(28)26-10-5-6-15(14-26)18-20-27(12-13-29-20)21(23-18)22-16-7-3-2-4-8-16/h2-4,7-9,11-13,15H,5-6,10,14H2,1H3,(H,22,23)/t15-/m0/s1. The van der Waals surface area contributed by atoms with E-state index in [-0.39, 0.29) is 11.8 Å². The molecule has 1 N–H and O–H groups in total. The Morgan fingerprint density at radius 2 is 2.07 bits per heavy atom. The van der Waals surface area contributed by atoms with E-state index in [0.717, 1.165) is 41.5 Å². The summed E-state index contributed by atoms with van der Waals surface area (Å²) in [5.41, 5.74) is 2.58. The van der Waals surface area contributed by atoms with Gasteiger partial charge in [0.05, 0.1) is 5.69 Å². The molecule has 8 heteroatoms. The largest absolute Gasteiger partial charge is 0.337 e. The SMILES string of the molecule is Cn1ccc(C(=O)N2CCC[C@H](c3nc(Nc4ccccc4)n4ccsc34)C2)n1. The van der Waals surface area contributed by atoms with Crippen molar-refractivity contribution in [2.75, 3.05) is 18.4 Å². The van der Waals surface area contributed by atoms with Crippen molar-refractivity contribution in [2.45, 2.75) is 18.8 Å². The van der Waals surface area contributed by atoms with E-state index >= 15 is 0 Å². The van der Waals surface area contributed by atoms with Crippen LogP contribution in [-0.2, 0) is 7.05 Å². The van der Waals surface area contributed by atoms with Crippen molar-refractivity contribution in [3.8, 4) is 0 Å². The minimum Gasteiger partial charge on any atom is -0.337 e. The summed E-state index contributed by atoms with van der Waals surface area (Å²) in [4.78, 5) is 20.9. The first-order valence-electron chi connectivity index (χ1n) is 9.75. The summed E-state index contributed by atoms with van der Waals surface area (Å²) in [6.07, 6.45) is 5.85. The maximum Gasteiger partial charge on any atom is 0.274 e. The van der Waals surface area contributed by atoms with Gasteiger partial charge in [-0.2, -0.15) is 5.10 Å². The van der Waals surface area contributed by atoms with Gasteiger partial charge in [-0.05, 0) is 31.0 Å².